The maximum absolute atomic E-state index is 12.4. The summed E-state index contributed by atoms with van der Waals surface area (Å²) in [6, 6.07) is 9.67. The van der Waals surface area contributed by atoms with Crippen LogP contribution in [0.2, 0.25) is 0 Å². The maximum atomic E-state index is 12.4. The average molecular weight is 291 g/mol. The molecule has 0 atom stereocenters. The fourth-order valence-electron chi connectivity index (χ4n) is 2.09. The number of benzene rings is 1. The highest BCUT2D eigenvalue weighted by molar-refractivity contribution is 7.80. The van der Waals surface area contributed by atoms with Crippen molar-refractivity contribution >= 4 is 29.9 Å². The lowest BCUT2D eigenvalue weighted by Gasteiger charge is -2.18. The number of fused-ring (bicyclic) bond motifs is 1. The second-order valence-corrected chi connectivity index (χ2v) is 5.78. The number of rotatable bonds is 1. The molecule has 0 saturated heterocycles. The third-order valence-corrected chi connectivity index (χ3v) is 4.39. The van der Waals surface area contributed by atoms with Gasteiger partial charge in [-0.1, -0.05) is 18.2 Å². The summed E-state index contributed by atoms with van der Waals surface area (Å²) in [6.07, 6.45) is 0. The van der Waals surface area contributed by atoms with E-state index in [9.17, 15) is 4.79 Å². The average Bonchev–Trinajstić information content (AvgIpc) is 2.74. The molecule has 0 unspecified atom stereocenters. The third kappa shape index (κ3) is 2.62. The van der Waals surface area contributed by atoms with Crippen LogP contribution in [0, 0.1) is 0 Å². The van der Waals surface area contributed by atoms with Crippen molar-refractivity contribution in [1.82, 2.24) is 4.90 Å². The Kier molecular flexibility index (Phi) is 3.48. The van der Waals surface area contributed by atoms with Crippen LogP contribution in [0.15, 0.2) is 40.6 Å². The minimum atomic E-state index is 0.0469. The van der Waals surface area contributed by atoms with Gasteiger partial charge in [0.2, 0.25) is 0 Å². The summed E-state index contributed by atoms with van der Waals surface area (Å²) in [5.74, 6) is 0.921. The number of carbonyl (C=O) groups excluding carboxylic acids is 1. The van der Waals surface area contributed by atoms with Crippen molar-refractivity contribution in [3.05, 3.63) is 46.2 Å². The molecule has 0 aliphatic carbocycles. The quantitative estimate of drug-likeness (QED) is 0.818. The summed E-state index contributed by atoms with van der Waals surface area (Å²) in [5, 5.41) is 1.87. The first-order valence-electron chi connectivity index (χ1n) is 6.01. The Bertz CT molecular complexity index is 609. The van der Waals surface area contributed by atoms with E-state index < -0.39 is 0 Å². The lowest BCUT2D eigenvalue weighted by Crippen LogP contribution is -2.31. The molecular weight excluding hydrogens is 278 g/mol. The Balaban J connectivity index is 1.84. The number of thiol groups is 1. The molecule has 0 fully saturated rings. The molecule has 0 radical (unpaired) electrons. The largest absolute Gasteiger partial charge is 0.491 e. The van der Waals surface area contributed by atoms with Gasteiger partial charge in [-0.2, -0.15) is 0 Å². The normalized spacial score (nSPS) is 14.5. The number of hydrogen-bond acceptors (Lipinski definition) is 4. The summed E-state index contributed by atoms with van der Waals surface area (Å²) in [6.45, 7) is 1.73. The Morgan fingerprint density at radius 2 is 2.21 bits per heavy atom. The van der Waals surface area contributed by atoms with Crippen LogP contribution in [0.25, 0.3) is 0 Å². The fourth-order valence-corrected chi connectivity index (χ4v) is 3.21. The fraction of sp³-hybridized carbons (Fsp3) is 0.214. The second-order valence-electron chi connectivity index (χ2n) is 4.35. The van der Waals surface area contributed by atoms with Crippen molar-refractivity contribution in [1.29, 1.82) is 0 Å². The summed E-state index contributed by atoms with van der Waals surface area (Å²) in [5.41, 5.74) is 1.05. The highest BCUT2D eigenvalue weighted by atomic mass is 32.1. The summed E-state index contributed by atoms with van der Waals surface area (Å²) in [7, 11) is 0. The molecule has 19 heavy (non-hydrogen) atoms. The number of para-hydroxylation sites is 1. The van der Waals surface area contributed by atoms with Crippen LogP contribution in [0.1, 0.15) is 15.2 Å². The van der Waals surface area contributed by atoms with E-state index in [0.717, 1.165) is 21.1 Å². The SMILES string of the molecule is O=C(c1cc(S)cs1)N1CCOc2ccccc2C1. The molecule has 3 nitrogen and oxygen atoms in total. The molecule has 2 heterocycles. The van der Waals surface area contributed by atoms with Gasteiger partial charge in [-0.15, -0.1) is 24.0 Å². The third-order valence-electron chi connectivity index (χ3n) is 3.04. The van der Waals surface area contributed by atoms with Crippen molar-refractivity contribution in [3.63, 3.8) is 0 Å². The zero-order valence-electron chi connectivity index (χ0n) is 10.2. The van der Waals surface area contributed by atoms with E-state index >= 15 is 0 Å². The van der Waals surface area contributed by atoms with Crippen LogP contribution in [-0.2, 0) is 6.54 Å². The molecule has 0 N–H and O–H groups in total. The van der Waals surface area contributed by atoms with Gasteiger partial charge in [0.05, 0.1) is 11.4 Å². The van der Waals surface area contributed by atoms with Crippen molar-refractivity contribution < 1.29 is 9.53 Å². The minimum absolute atomic E-state index is 0.0469. The second kappa shape index (κ2) is 5.27. The molecule has 3 rings (SSSR count). The zero-order chi connectivity index (χ0) is 13.2. The summed E-state index contributed by atoms with van der Waals surface area (Å²) in [4.78, 5) is 15.8. The van der Waals surface area contributed by atoms with E-state index in [-0.39, 0.29) is 5.91 Å². The lowest BCUT2D eigenvalue weighted by atomic mass is 10.2. The predicted molar refractivity (Wildman–Crippen MR) is 78.2 cm³/mol. The molecule has 1 aliphatic rings. The van der Waals surface area contributed by atoms with E-state index in [4.69, 9.17) is 4.74 Å². The minimum Gasteiger partial charge on any atom is -0.491 e. The number of thiophene rings is 1. The van der Waals surface area contributed by atoms with Crippen molar-refractivity contribution in [2.24, 2.45) is 0 Å². The molecule has 98 valence electrons. The van der Waals surface area contributed by atoms with Crippen molar-refractivity contribution in [2.75, 3.05) is 13.2 Å². The van der Waals surface area contributed by atoms with Gasteiger partial charge in [-0.05, 0) is 12.1 Å². The van der Waals surface area contributed by atoms with Gasteiger partial charge in [-0.3, -0.25) is 4.79 Å². The van der Waals surface area contributed by atoms with Crippen molar-refractivity contribution in [3.8, 4) is 5.75 Å². The Morgan fingerprint density at radius 3 is 3.00 bits per heavy atom. The van der Waals surface area contributed by atoms with E-state index in [1.165, 1.54) is 11.3 Å². The number of ether oxygens (including phenoxy) is 1. The van der Waals surface area contributed by atoms with Gasteiger partial charge in [-0.25, -0.2) is 0 Å². The molecule has 1 aromatic carbocycles. The number of amides is 1. The van der Waals surface area contributed by atoms with E-state index in [1.807, 2.05) is 40.6 Å². The van der Waals surface area contributed by atoms with Crippen LogP contribution >= 0.6 is 24.0 Å². The Hall–Kier alpha value is -1.46. The molecular formula is C14H13NO2S2. The molecule has 2 aromatic rings. The molecule has 0 spiro atoms. The van der Waals surface area contributed by atoms with Gasteiger partial charge in [0.1, 0.15) is 12.4 Å². The molecule has 0 bridgehead atoms. The monoisotopic (exact) mass is 291 g/mol. The number of hydrogen-bond donors (Lipinski definition) is 1. The standard InChI is InChI=1S/C14H13NO2S2/c16-14(13-7-11(18)9-19-13)15-5-6-17-12-4-2-1-3-10(12)8-15/h1-4,7,9,18H,5-6,8H2. The highest BCUT2D eigenvalue weighted by Gasteiger charge is 2.21. The van der Waals surface area contributed by atoms with Gasteiger partial charge in [0.25, 0.3) is 5.91 Å². The smallest absolute Gasteiger partial charge is 0.264 e. The van der Waals surface area contributed by atoms with E-state index in [0.29, 0.717) is 19.7 Å². The van der Waals surface area contributed by atoms with Crippen LogP contribution in [0.4, 0.5) is 0 Å². The van der Waals surface area contributed by atoms with E-state index in [2.05, 4.69) is 12.6 Å². The molecule has 1 aromatic heterocycles. The van der Waals surface area contributed by atoms with Crippen LogP contribution in [0.5, 0.6) is 5.75 Å². The van der Waals surface area contributed by atoms with Gasteiger partial charge < -0.3 is 9.64 Å². The molecule has 1 aliphatic heterocycles. The van der Waals surface area contributed by atoms with Crippen molar-refractivity contribution in [2.45, 2.75) is 11.4 Å². The van der Waals surface area contributed by atoms with E-state index in [1.54, 1.807) is 0 Å². The number of nitrogens with zero attached hydrogens (tertiary/aromatic N) is 1. The van der Waals surface area contributed by atoms with Crippen LogP contribution in [-0.4, -0.2) is 24.0 Å². The van der Waals surface area contributed by atoms with Crippen LogP contribution < -0.4 is 4.74 Å². The van der Waals surface area contributed by atoms with Gasteiger partial charge >= 0.3 is 0 Å². The first-order valence-corrected chi connectivity index (χ1v) is 7.34. The summed E-state index contributed by atoms with van der Waals surface area (Å²) < 4.78 is 5.66. The predicted octanol–water partition coefficient (Wildman–Crippen LogP) is 3.07. The molecule has 1 amide bonds. The molecule has 0 saturated carbocycles. The first kappa shape index (κ1) is 12.6. The first-order chi connectivity index (χ1) is 9.24. The zero-order valence-corrected chi connectivity index (χ0v) is 11.9. The summed E-state index contributed by atoms with van der Waals surface area (Å²) >= 11 is 5.68. The topological polar surface area (TPSA) is 29.5 Å². The maximum Gasteiger partial charge on any atom is 0.264 e. The Labute approximate surface area is 121 Å². The lowest BCUT2D eigenvalue weighted by molar-refractivity contribution is 0.0738. The van der Waals surface area contributed by atoms with Gasteiger partial charge in [0, 0.05) is 22.4 Å². The Morgan fingerprint density at radius 1 is 1.37 bits per heavy atom. The number of carbonyl (C=O) groups is 1. The highest BCUT2D eigenvalue weighted by Crippen LogP contribution is 2.25. The van der Waals surface area contributed by atoms with Crippen LogP contribution in [0.3, 0.4) is 0 Å². The molecule has 5 heteroatoms. The van der Waals surface area contributed by atoms with Gasteiger partial charge in [0.15, 0.2) is 0 Å².